The van der Waals surface area contributed by atoms with E-state index in [1.165, 1.54) is 23.0 Å². The van der Waals surface area contributed by atoms with Gasteiger partial charge < -0.3 is 30.3 Å². The number of hydrogen-bond donors (Lipinski definition) is 2. The number of thiophene rings is 2. The van der Waals surface area contributed by atoms with Crippen molar-refractivity contribution in [2.45, 2.75) is 78.7 Å². The van der Waals surface area contributed by atoms with Gasteiger partial charge in [-0.05, 0) is 126 Å². The number of allylic oxidation sites excluding steroid dienone is 1. The molecule has 0 aliphatic carbocycles. The number of fused-ring (bicyclic) bond motifs is 4. The molecular formula is C44H45Br2ClN6O6S4. The molecule has 0 unspecified atom stereocenters. The van der Waals surface area contributed by atoms with E-state index in [2.05, 4.69) is 56.4 Å². The van der Waals surface area contributed by atoms with Crippen molar-refractivity contribution in [3.8, 4) is 21.1 Å². The Balaban J connectivity index is 0.000000191. The van der Waals surface area contributed by atoms with E-state index < -0.39 is 16.4 Å². The van der Waals surface area contributed by atoms with Crippen LogP contribution in [-0.2, 0) is 45.0 Å². The second kappa shape index (κ2) is 19.9. The second-order valence-corrected chi connectivity index (χ2v) is 22.7. The number of nitrogens with zero attached hydrogens (tertiary/aromatic N) is 4. The third-order valence-electron chi connectivity index (χ3n) is 9.15. The first kappa shape index (κ1) is 48.3. The largest absolute Gasteiger partial charge is 0.444 e. The van der Waals surface area contributed by atoms with Crippen LogP contribution in [0.25, 0.3) is 41.6 Å². The monoisotopic (exact) mass is 1070 g/mol. The zero-order valence-electron chi connectivity index (χ0n) is 35.4. The highest BCUT2D eigenvalue weighted by atomic mass is 79.9. The SMILES string of the molecule is C=CC(=O)Cl.C=CC(=O)Nc1sc2c(c1-c1nc3cc(Br)ccc3s1)CCN(C(=O)OC(C)(C)C)C2.CC(C)(C)OC(=O)N1CCc2c(sc(N)c2-c2nc3cc(Br)ccc3s2)C1. The van der Waals surface area contributed by atoms with Gasteiger partial charge in [0.05, 0.1) is 38.5 Å². The highest BCUT2D eigenvalue weighted by Crippen LogP contribution is 2.47. The fourth-order valence-corrected chi connectivity index (χ4v) is 11.8. The van der Waals surface area contributed by atoms with Gasteiger partial charge in [-0.15, -0.1) is 45.3 Å². The molecule has 0 bridgehead atoms. The lowest BCUT2D eigenvalue weighted by atomic mass is 10.0. The van der Waals surface area contributed by atoms with Gasteiger partial charge in [0.1, 0.15) is 26.2 Å². The number of nitrogens with one attached hydrogen (secondary N) is 1. The number of nitrogens with two attached hydrogens (primary N) is 1. The van der Waals surface area contributed by atoms with E-state index in [9.17, 15) is 19.2 Å². The van der Waals surface area contributed by atoms with Gasteiger partial charge in [-0.1, -0.05) is 45.0 Å². The van der Waals surface area contributed by atoms with Crippen molar-refractivity contribution in [1.29, 1.82) is 0 Å². The summed E-state index contributed by atoms with van der Waals surface area (Å²) in [5.74, 6) is -0.271. The molecule has 0 atom stereocenters. The van der Waals surface area contributed by atoms with Crippen molar-refractivity contribution in [2.24, 2.45) is 0 Å². The molecule has 0 spiro atoms. The van der Waals surface area contributed by atoms with Gasteiger partial charge in [-0.3, -0.25) is 9.59 Å². The van der Waals surface area contributed by atoms with E-state index >= 15 is 0 Å². The van der Waals surface area contributed by atoms with E-state index in [4.69, 9.17) is 36.8 Å². The molecular weight excluding hydrogens is 1030 g/mol. The number of aromatic nitrogens is 2. The molecule has 3 amide bonds. The van der Waals surface area contributed by atoms with E-state index in [0.29, 0.717) is 32.6 Å². The average molecular weight is 1080 g/mol. The minimum absolute atomic E-state index is 0.271. The molecule has 63 heavy (non-hydrogen) atoms. The summed E-state index contributed by atoms with van der Waals surface area (Å²) in [7, 11) is 0. The molecule has 0 saturated heterocycles. The minimum Gasteiger partial charge on any atom is -0.444 e. The molecule has 12 nitrogen and oxygen atoms in total. The fourth-order valence-electron chi connectivity index (χ4n) is 6.52. The normalized spacial score (nSPS) is 13.5. The number of rotatable bonds is 5. The van der Waals surface area contributed by atoms with Crippen LogP contribution in [0.1, 0.15) is 62.4 Å². The highest BCUT2D eigenvalue weighted by molar-refractivity contribution is 9.10. The van der Waals surface area contributed by atoms with Crippen LogP contribution in [-0.4, -0.2) is 67.4 Å². The van der Waals surface area contributed by atoms with Crippen molar-refractivity contribution in [3.05, 3.63) is 91.5 Å². The van der Waals surface area contributed by atoms with Crippen LogP contribution in [0.4, 0.5) is 19.6 Å². The second-order valence-electron chi connectivity index (χ2n) is 16.2. The number of nitrogen functional groups attached to an aromatic ring is 1. The molecule has 6 heterocycles. The molecule has 3 N–H and O–H groups in total. The Morgan fingerprint density at radius 3 is 1.63 bits per heavy atom. The molecule has 19 heteroatoms. The van der Waals surface area contributed by atoms with E-state index in [0.717, 1.165) is 88.3 Å². The summed E-state index contributed by atoms with van der Waals surface area (Å²) < 4.78 is 15.2. The maximum atomic E-state index is 12.6. The Hall–Kier alpha value is -4.17. The summed E-state index contributed by atoms with van der Waals surface area (Å²) in [6.45, 7) is 20.0. The number of anilines is 2. The van der Waals surface area contributed by atoms with Gasteiger partial charge in [0.15, 0.2) is 0 Å². The Kier molecular flexibility index (Phi) is 15.3. The number of carbonyl (C=O) groups excluding carboxylic acids is 4. The van der Waals surface area contributed by atoms with Crippen molar-refractivity contribution >= 4 is 143 Å². The third kappa shape index (κ3) is 12.1. The van der Waals surface area contributed by atoms with Crippen molar-refractivity contribution in [2.75, 3.05) is 24.1 Å². The molecule has 0 saturated carbocycles. The maximum Gasteiger partial charge on any atom is 0.410 e. The molecule has 0 radical (unpaired) electrons. The molecule has 332 valence electrons. The standard InChI is InChI=1S/C22H22BrN3O3S2.C19H20BrN3O2S2.C3H3ClO/c1-5-17(27)25-20-18(19-24-14-10-12(23)6-7-15(14)30-19)13-8-9-26(11-16(13)31-20)21(28)29-22(2,3)4;1-19(2,3)25-18(24)23-7-6-11-14(9-23)26-16(21)15(11)17-22-12-8-10(20)4-5-13(12)27-17;1-2-3(4)5/h5-7,10H,1,8-9,11H2,2-4H3,(H,25,27);4-5,8H,6-7,9,21H2,1-3H3;2H,1H2. The quantitative estimate of drug-likeness (QED) is 0.127. The molecule has 0 fully saturated rings. The smallest absolute Gasteiger partial charge is 0.410 e. The molecule has 2 aromatic carbocycles. The number of thiazole rings is 2. The Morgan fingerprint density at radius 1 is 0.746 bits per heavy atom. The summed E-state index contributed by atoms with van der Waals surface area (Å²) in [5, 5.41) is 5.74. The summed E-state index contributed by atoms with van der Waals surface area (Å²) >= 11 is 18.0. The topological polar surface area (TPSA) is 157 Å². The van der Waals surface area contributed by atoms with Crippen molar-refractivity contribution in [3.63, 3.8) is 0 Å². The summed E-state index contributed by atoms with van der Waals surface area (Å²) in [6.07, 6.45) is 3.13. The van der Waals surface area contributed by atoms with Crippen LogP contribution in [0.3, 0.4) is 0 Å². The number of benzene rings is 2. The van der Waals surface area contributed by atoms with Crippen molar-refractivity contribution < 1.29 is 28.7 Å². The zero-order valence-corrected chi connectivity index (χ0v) is 42.6. The van der Waals surface area contributed by atoms with Gasteiger partial charge in [0.25, 0.3) is 0 Å². The van der Waals surface area contributed by atoms with Gasteiger partial charge in [0, 0.05) is 42.9 Å². The van der Waals surface area contributed by atoms with Crippen LogP contribution >= 0.6 is 88.8 Å². The average Bonchev–Trinajstić information content (AvgIpc) is 3.97. The van der Waals surface area contributed by atoms with Crippen LogP contribution in [0.5, 0.6) is 0 Å². The Bertz CT molecular complexity index is 2750. The lowest BCUT2D eigenvalue weighted by molar-refractivity contribution is -0.112. The molecule has 6 aromatic rings. The first-order valence-electron chi connectivity index (χ1n) is 19.5. The van der Waals surface area contributed by atoms with E-state index in [1.807, 2.05) is 71.9 Å². The minimum atomic E-state index is -0.545. The zero-order chi connectivity index (χ0) is 46.0. The number of ether oxygens (including phenoxy) is 2. The number of hydrogen-bond acceptors (Lipinski definition) is 13. The predicted octanol–water partition coefficient (Wildman–Crippen LogP) is 12.8. The summed E-state index contributed by atoms with van der Waals surface area (Å²) in [6, 6.07) is 12.1. The van der Waals surface area contributed by atoms with E-state index in [-0.39, 0.29) is 18.1 Å². The van der Waals surface area contributed by atoms with Gasteiger partial charge >= 0.3 is 12.2 Å². The Morgan fingerprint density at radius 2 is 1.19 bits per heavy atom. The number of amides is 3. The van der Waals surface area contributed by atoms with Gasteiger partial charge in [-0.25, -0.2) is 19.6 Å². The highest BCUT2D eigenvalue weighted by Gasteiger charge is 2.33. The van der Waals surface area contributed by atoms with Crippen LogP contribution < -0.4 is 11.1 Å². The van der Waals surface area contributed by atoms with Crippen LogP contribution in [0.15, 0.2) is 70.7 Å². The maximum absolute atomic E-state index is 12.6. The lowest BCUT2D eigenvalue weighted by Crippen LogP contribution is -2.39. The fraction of sp³-hybridized carbons (Fsp3) is 0.318. The lowest BCUT2D eigenvalue weighted by Gasteiger charge is -2.30. The predicted molar refractivity (Wildman–Crippen MR) is 266 cm³/mol. The molecule has 2 aliphatic heterocycles. The first-order chi connectivity index (χ1) is 29.6. The summed E-state index contributed by atoms with van der Waals surface area (Å²) in [4.78, 5) is 61.8. The van der Waals surface area contributed by atoms with Gasteiger partial charge in [0.2, 0.25) is 11.1 Å². The molecule has 8 rings (SSSR count). The Labute approximate surface area is 403 Å². The summed E-state index contributed by atoms with van der Waals surface area (Å²) in [5.41, 5.74) is 11.5. The number of halogens is 3. The van der Waals surface area contributed by atoms with Gasteiger partial charge in [-0.2, -0.15) is 0 Å². The molecule has 4 aromatic heterocycles. The molecule has 2 aliphatic rings. The van der Waals surface area contributed by atoms with Crippen LogP contribution in [0, 0.1) is 0 Å². The van der Waals surface area contributed by atoms with Crippen molar-refractivity contribution in [1.82, 2.24) is 19.8 Å². The van der Waals surface area contributed by atoms with Crippen LogP contribution in [0.2, 0.25) is 0 Å². The number of carbonyl (C=O) groups is 4. The third-order valence-corrected chi connectivity index (χ3v) is 14.6. The van der Waals surface area contributed by atoms with E-state index in [1.54, 1.807) is 43.8 Å². The first-order valence-corrected chi connectivity index (χ1v) is 24.7.